The van der Waals surface area contributed by atoms with Crippen LogP contribution in [0.3, 0.4) is 0 Å². The fourth-order valence-corrected chi connectivity index (χ4v) is 2.53. The summed E-state index contributed by atoms with van der Waals surface area (Å²) >= 11 is 5.88. The number of hydrogen-bond acceptors (Lipinski definition) is 4. The Morgan fingerprint density at radius 2 is 1.86 bits per heavy atom. The largest absolute Gasteiger partial charge is 0.486 e. The highest BCUT2D eigenvalue weighted by atomic mass is 35.5. The average molecular weight is 304 g/mol. The van der Waals surface area contributed by atoms with Crippen molar-refractivity contribution in [2.75, 3.05) is 13.1 Å². The normalized spacial score (nSPS) is 19.0. The Morgan fingerprint density at radius 1 is 1.10 bits per heavy atom. The van der Waals surface area contributed by atoms with Gasteiger partial charge in [0.05, 0.1) is 12.4 Å². The maximum atomic E-state index is 5.94. The van der Waals surface area contributed by atoms with Gasteiger partial charge in [0, 0.05) is 17.1 Å². The topological polar surface area (TPSA) is 47.0 Å². The molecule has 3 rings (SSSR count). The molecule has 1 aliphatic rings. The molecule has 1 fully saturated rings. The van der Waals surface area contributed by atoms with Crippen molar-refractivity contribution < 1.29 is 4.74 Å². The van der Waals surface area contributed by atoms with Crippen LogP contribution in [0, 0.1) is 0 Å². The van der Waals surface area contributed by atoms with E-state index < -0.39 is 0 Å². The van der Waals surface area contributed by atoms with Gasteiger partial charge in [0.25, 0.3) is 0 Å². The standard InChI is InChI=1S/C16H18ClN3O/c17-13-6-4-12(5-7-13)16-19-10-15(11-20-16)21-14-3-1-2-8-18-9-14/h4-7,10-11,14,18H,1-3,8-9H2. The van der Waals surface area contributed by atoms with Crippen LogP contribution in [0.2, 0.25) is 5.02 Å². The SMILES string of the molecule is Clc1ccc(-c2ncc(OC3CCCCNC3)cn2)cc1. The van der Waals surface area contributed by atoms with E-state index in [4.69, 9.17) is 16.3 Å². The van der Waals surface area contributed by atoms with E-state index in [9.17, 15) is 0 Å². The van der Waals surface area contributed by atoms with Gasteiger partial charge < -0.3 is 10.1 Å². The molecule has 2 aromatic rings. The van der Waals surface area contributed by atoms with E-state index in [0.717, 1.165) is 30.8 Å². The van der Waals surface area contributed by atoms with Gasteiger partial charge in [-0.15, -0.1) is 0 Å². The molecular formula is C16H18ClN3O. The molecule has 1 atom stereocenters. The third-order valence-corrected chi connectivity index (χ3v) is 3.79. The van der Waals surface area contributed by atoms with Crippen LogP contribution >= 0.6 is 11.6 Å². The predicted molar refractivity (Wildman–Crippen MR) is 83.6 cm³/mol. The van der Waals surface area contributed by atoms with Crippen LogP contribution in [0.4, 0.5) is 0 Å². The second kappa shape index (κ2) is 6.87. The molecule has 1 N–H and O–H groups in total. The number of nitrogens with zero attached hydrogens (tertiary/aromatic N) is 2. The number of hydrogen-bond donors (Lipinski definition) is 1. The van der Waals surface area contributed by atoms with Gasteiger partial charge in [-0.2, -0.15) is 0 Å². The van der Waals surface area contributed by atoms with E-state index in [0.29, 0.717) is 10.8 Å². The lowest BCUT2D eigenvalue weighted by Gasteiger charge is -2.16. The Morgan fingerprint density at radius 3 is 2.62 bits per heavy atom. The van der Waals surface area contributed by atoms with Crippen LogP contribution in [0.15, 0.2) is 36.7 Å². The Kier molecular flexibility index (Phi) is 4.68. The molecule has 0 aliphatic carbocycles. The summed E-state index contributed by atoms with van der Waals surface area (Å²) in [5.41, 5.74) is 0.946. The van der Waals surface area contributed by atoms with Crippen LogP contribution in [-0.2, 0) is 0 Å². The Labute approximate surface area is 129 Å². The first-order valence-corrected chi connectivity index (χ1v) is 7.64. The number of benzene rings is 1. The molecule has 0 saturated carbocycles. The summed E-state index contributed by atoms with van der Waals surface area (Å²) in [6, 6.07) is 7.49. The number of ether oxygens (including phenoxy) is 1. The molecule has 1 saturated heterocycles. The molecule has 5 heteroatoms. The maximum Gasteiger partial charge on any atom is 0.159 e. The van der Waals surface area contributed by atoms with E-state index in [2.05, 4.69) is 15.3 Å². The molecule has 1 aromatic carbocycles. The van der Waals surface area contributed by atoms with Crippen LogP contribution in [0.1, 0.15) is 19.3 Å². The Hall–Kier alpha value is -1.65. The van der Waals surface area contributed by atoms with E-state index in [1.165, 1.54) is 12.8 Å². The van der Waals surface area contributed by atoms with Gasteiger partial charge >= 0.3 is 0 Å². The van der Waals surface area contributed by atoms with Crippen LogP contribution in [0.5, 0.6) is 5.75 Å². The van der Waals surface area contributed by atoms with Crippen molar-refractivity contribution in [3.05, 3.63) is 41.7 Å². The second-order valence-electron chi connectivity index (χ2n) is 5.19. The van der Waals surface area contributed by atoms with Gasteiger partial charge in [0.2, 0.25) is 0 Å². The predicted octanol–water partition coefficient (Wildman–Crippen LogP) is 3.32. The first kappa shape index (κ1) is 14.3. The van der Waals surface area contributed by atoms with E-state index >= 15 is 0 Å². The second-order valence-corrected chi connectivity index (χ2v) is 5.63. The highest BCUT2D eigenvalue weighted by Crippen LogP contribution is 2.20. The van der Waals surface area contributed by atoms with Gasteiger partial charge in [-0.25, -0.2) is 9.97 Å². The van der Waals surface area contributed by atoms with Crippen molar-refractivity contribution in [3.63, 3.8) is 0 Å². The Bertz CT molecular complexity index is 563. The smallest absolute Gasteiger partial charge is 0.159 e. The minimum absolute atomic E-state index is 0.206. The first-order valence-electron chi connectivity index (χ1n) is 7.26. The van der Waals surface area contributed by atoms with Crippen molar-refractivity contribution >= 4 is 11.6 Å². The fourth-order valence-electron chi connectivity index (χ4n) is 2.41. The molecule has 1 aliphatic heterocycles. The molecule has 1 unspecified atom stereocenters. The van der Waals surface area contributed by atoms with Crippen molar-refractivity contribution in [1.29, 1.82) is 0 Å². The van der Waals surface area contributed by atoms with Gasteiger partial charge in [0.15, 0.2) is 11.6 Å². The molecule has 4 nitrogen and oxygen atoms in total. The summed E-state index contributed by atoms with van der Waals surface area (Å²) in [4.78, 5) is 8.74. The zero-order valence-corrected chi connectivity index (χ0v) is 12.5. The van der Waals surface area contributed by atoms with Crippen molar-refractivity contribution in [3.8, 4) is 17.1 Å². The third kappa shape index (κ3) is 3.93. The monoisotopic (exact) mass is 303 g/mol. The number of aromatic nitrogens is 2. The van der Waals surface area contributed by atoms with Crippen molar-refractivity contribution in [2.24, 2.45) is 0 Å². The number of nitrogens with one attached hydrogen (secondary N) is 1. The lowest BCUT2D eigenvalue weighted by molar-refractivity contribution is 0.193. The highest BCUT2D eigenvalue weighted by Gasteiger charge is 2.13. The van der Waals surface area contributed by atoms with Crippen molar-refractivity contribution in [1.82, 2.24) is 15.3 Å². The van der Waals surface area contributed by atoms with E-state index in [1.807, 2.05) is 24.3 Å². The number of rotatable bonds is 3. The average Bonchev–Trinajstić information content (AvgIpc) is 2.78. The summed E-state index contributed by atoms with van der Waals surface area (Å²) in [5, 5.41) is 4.09. The van der Waals surface area contributed by atoms with E-state index in [1.54, 1.807) is 12.4 Å². The molecule has 2 heterocycles. The lowest BCUT2D eigenvalue weighted by atomic mass is 10.2. The maximum absolute atomic E-state index is 5.94. The summed E-state index contributed by atoms with van der Waals surface area (Å²) in [5.74, 6) is 1.40. The fraction of sp³-hybridized carbons (Fsp3) is 0.375. The minimum atomic E-state index is 0.206. The summed E-state index contributed by atoms with van der Waals surface area (Å²) < 4.78 is 5.94. The van der Waals surface area contributed by atoms with Gasteiger partial charge in [-0.05, 0) is 50.1 Å². The van der Waals surface area contributed by atoms with Crippen LogP contribution in [-0.4, -0.2) is 29.2 Å². The van der Waals surface area contributed by atoms with Gasteiger partial charge in [0.1, 0.15) is 6.10 Å². The molecule has 0 radical (unpaired) electrons. The molecule has 0 amide bonds. The highest BCUT2D eigenvalue weighted by molar-refractivity contribution is 6.30. The zero-order chi connectivity index (χ0) is 14.5. The quantitative estimate of drug-likeness (QED) is 0.945. The third-order valence-electron chi connectivity index (χ3n) is 3.53. The van der Waals surface area contributed by atoms with Crippen LogP contribution < -0.4 is 10.1 Å². The number of halogens is 1. The first-order chi connectivity index (χ1) is 10.3. The zero-order valence-electron chi connectivity index (χ0n) is 11.8. The Balaban J connectivity index is 1.67. The molecule has 0 bridgehead atoms. The molecule has 110 valence electrons. The molecule has 0 spiro atoms. The minimum Gasteiger partial charge on any atom is -0.486 e. The van der Waals surface area contributed by atoms with Crippen LogP contribution in [0.25, 0.3) is 11.4 Å². The van der Waals surface area contributed by atoms with Crippen molar-refractivity contribution in [2.45, 2.75) is 25.4 Å². The van der Waals surface area contributed by atoms with Gasteiger partial charge in [-0.1, -0.05) is 11.6 Å². The summed E-state index contributed by atoms with van der Waals surface area (Å²) in [6.07, 6.45) is 7.17. The van der Waals surface area contributed by atoms with Gasteiger partial charge in [-0.3, -0.25) is 0 Å². The molecule has 1 aromatic heterocycles. The summed E-state index contributed by atoms with van der Waals surface area (Å²) in [6.45, 7) is 1.96. The molecular weight excluding hydrogens is 286 g/mol. The summed E-state index contributed by atoms with van der Waals surface area (Å²) in [7, 11) is 0. The molecule has 21 heavy (non-hydrogen) atoms. The van der Waals surface area contributed by atoms with E-state index in [-0.39, 0.29) is 6.10 Å². The lowest BCUT2D eigenvalue weighted by Crippen LogP contribution is -2.29.